The molecule has 2 saturated heterocycles. The van der Waals surface area contributed by atoms with Gasteiger partial charge in [-0.05, 0) is 106 Å². The second kappa shape index (κ2) is 11.7. The van der Waals surface area contributed by atoms with Crippen LogP contribution in [0.15, 0.2) is 36.4 Å². The lowest BCUT2D eigenvalue weighted by Crippen LogP contribution is -2.46. The van der Waals surface area contributed by atoms with Crippen molar-refractivity contribution in [3.8, 4) is 22.8 Å². The van der Waals surface area contributed by atoms with Crippen molar-refractivity contribution in [1.29, 1.82) is 0 Å². The monoisotopic (exact) mass is 505 g/mol. The van der Waals surface area contributed by atoms with Gasteiger partial charge in [0.2, 0.25) is 0 Å². The number of rotatable bonds is 5. The van der Waals surface area contributed by atoms with Crippen LogP contribution in [0.5, 0.6) is 11.5 Å². The summed E-state index contributed by atoms with van der Waals surface area (Å²) in [5.41, 5.74) is 6.25. The van der Waals surface area contributed by atoms with E-state index in [1.54, 1.807) is 14.2 Å². The molecule has 2 aliphatic heterocycles. The van der Waals surface area contributed by atoms with E-state index < -0.39 is 0 Å². The smallest absolute Gasteiger partial charge is 0.161 e. The molecule has 0 amide bonds. The first-order chi connectivity index (χ1) is 15.7. The summed E-state index contributed by atoms with van der Waals surface area (Å²) < 4.78 is 10.9. The lowest BCUT2D eigenvalue weighted by Gasteiger charge is -2.39. The number of aryl methyl sites for hydroxylation is 1. The number of hydrogen-bond acceptors (Lipinski definition) is 4. The summed E-state index contributed by atoms with van der Waals surface area (Å²) in [6, 6.07) is 13.9. The lowest BCUT2D eigenvalue weighted by atomic mass is 9.87. The van der Waals surface area contributed by atoms with Crippen LogP contribution in [0.1, 0.15) is 42.7 Å². The van der Waals surface area contributed by atoms with Crippen LogP contribution in [0.25, 0.3) is 22.2 Å². The number of methoxy groups -OCH3 is 2. The number of fused-ring (bicyclic) bond motifs is 1. The van der Waals surface area contributed by atoms with Gasteiger partial charge in [0.1, 0.15) is 0 Å². The van der Waals surface area contributed by atoms with Gasteiger partial charge in [-0.3, -0.25) is 0 Å². The van der Waals surface area contributed by atoms with E-state index in [4.69, 9.17) is 9.47 Å². The fourth-order valence-corrected chi connectivity index (χ4v) is 5.65. The summed E-state index contributed by atoms with van der Waals surface area (Å²) in [7, 11) is 3.35. The summed E-state index contributed by atoms with van der Waals surface area (Å²) >= 11 is 0. The Bertz CT molecular complexity index is 1090. The van der Waals surface area contributed by atoms with Crippen LogP contribution in [-0.2, 0) is 0 Å². The molecule has 0 aliphatic carbocycles. The van der Waals surface area contributed by atoms with Crippen LogP contribution >= 0.6 is 24.8 Å². The molecule has 0 atom stereocenters. The van der Waals surface area contributed by atoms with E-state index in [0.29, 0.717) is 5.92 Å². The molecule has 2 N–H and O–H groups in total. The van der Waals surface area contributed by atoms with Crippen molar-refractivity contribution >= 4 is 35.7 Å². The Morgan fingerprint density at radius 2 is 1.56 bits per heavy atom. The molecule has 34 heavy (non-hydrogen) atoms. The molecule has 1 aromatic heterocycles. The summed E-state index contributed by atoms with van der Waals surface area (Å²) in [6.45, 7) is 7.04. The standard InChI is InChI=1S/C27H35N3O2.2ClH/c1-18-23-16-20(19-10-14-30(15-11-19)22-8-12-28-13-9-22)4-6-24(23)29-27(18)21-5-7-25(31-2)26(17-21)32-3;;/h4-7,16-17,19,22,28-29H,8-15H2,1-3H3;2*1H. The quantitative estimate of drug-likeness (QED) is 0.450. The number of aromatic nitrogens is 1. The van der Waals surface area contributed by atoms with Crippen LogP contribution in [0.3, 0.4) is 0 Å². The Morgan fingerprint density at radius 3 is 2.24 bits per heavy atom. The Balaban J connectivity index is 0.00000162. The molecule has 7 heteroatoms. The molecule has 0 spiro atoms. The zero-order chi connectivity index (χ0) is 22.1. The minimum Gasteiger partial charge on any atom is -0.493 e. The number of nitrogens with one attached hydrogen (secondary N) is 2. The number of halogens is 2. The number of hydrogen-bond donors (Lipinski definition) is 2. The van der Waals surface area contributed by atoms with Gasteiger partial charge in [-0.2, -0.15) is 0 Å². The van der Waals surface area contributed by atoms with Gasteiger partial charge in [-0.15, -0.1) is 24.8 Å². The number of H-pyrrole nitrogens is 1. The van der Waals surface area contributed by atoms with E-state index in [1.807, 2.05) is 12.1 Å². The lowest BCUT2D eigenvalue weighted by molar-refractivity contribution is 0.127. The third-order valence-corrected chi connectivity index (χ3v) is 7.58. The third kappa shape index (κ3) is 5.18. The summed E-state index contributed by atoms with van der Waals surface area (Å²) in [4.78, 5) is 6.38. The fourth-order valence-electron chi connectivity index (χ4n) is 5.65. The molecule has 186 valence electrons. The van der Waals surface area contributed by atoms with Gasteiger partial charge in [0.05, 0.1) is 14.2 Å². The second-order valence-electron chi connectivity index (χ2n) is 9.29. The normalized spacial score (nSPS) is 17.7. The van der Waals surface area contributed by atoms with E-state index >= 15 is 0 Å². The van der Waals surface area contributed by atoms with Crippen molar-refractivity contribution < 1.29 is 9.47 Å². The molecule has 5 rings (SSSR count). The maximum atomic E-state index is 5.52. The van der Waals surface area contributed by atoms with Gasteiger partial charge in [-0.1, -0.05) is 6.07 Å². The first-order valence-corrected chi connectivity index (χ1v) is 12.0. The molecular weight excluding hydrogens is 469 g/mol. The highest BCUT2D eigenvalue weighted by Crippen LogP contribution is 2.37. The van der Waals surface area contributed by atoms with Crippen molar-refractivity contribution in [2.75, 3.05) is 40.4 Å². The van der Waals surface area contributed by atoms with E-state index in [1.165, 1.54) is 73.9 Å². The molecule has 2 aromatic carbocycles. The molecular formula is C27H37Cl2N3O2. The van der Waals surface area contributed by atoms with Crippen molar-refractivity contribution in [3.05, 3.63) is 47.5 Å². The Kier molecular flexibility index (Phi) is 9.16. The number of nitrogens with zero attached hydrogens (tertiary/aromatic N) is 1. The average Bonchev–Trinajstić information content (AvgIpc) is 3.20. The molecule has 3 heterocycles. The Hall–Kier alpha value is -1.92. The molecule has 0 bridgehead atoms. The fraction of sp³-hybridized carbons (Fsp3) is 0.481. The molecule has 0 radical (unpaired) electrons. The zero-order valence-electron chi connectivity index (χ0n) is 20.4. The predicted molar refractivity (Wildman–Crippen MR) is 146 cm³/mol. The van der Waals surface area contributed by atoms with Crippen LogP contribution in [0.2, 0.25) is 0 Å². The van der Waals surface area contributed by atoms with Gasteiger partial charge in [0.15, 0.2) is 11.5 Å². The molecule has 2 fully saturated rings. The van der Waals surface area contributed by atoms with Gasteiger partial charge < -0.3 is 24.7 Å². The summed E-state index contributed by atoms with van der Waals surface area (Å²) in [5, 5.41) is 4.82. The highest BCUT2D eigenvalue weighted by molar-refractivity contribution is 5.91. The van der Waals surface area contributed by atoms with Crippen molar-refractivity contribution in [3.63, 3.8) is 0 Å². The average molecular weight is 507 g/mol. The van der Waals surface area contributed by atoms with Gasteiger partial charge >= 0.3 is 0 Å². The predicted octanol–water partition coefficient (Wildman–Crippen LogP) is 5.94. The Morgan fingerprint density at radius 1 is 0.853 bits per heavy atom. The molecule has 5 nitrogen and oxygen atoms in total. The zero-order valence-corrected chi connectivity index (χ0v) is 22.0. The summed E-state index contributed by atoms with van der Waals surface area (Å²) in [5.74, 6) is 2.17. The minimum absolute atomic E-state index is 0. The van der Waals surface area contributed by atoms with Crippen molar-refractivity contribution in [2.24, 2.45) is 0 Å². The van der Waals surface area contributed by atoms with Crippen molar-refractivity contribution in [2.45, 2.75) is 44.6 Å². The first-order valence-electron chi connectivity index (χ1n) is 12.0. The molecule has 2 aliphatic rings. The summed E-state index contributed by atoms with van der Waals surface area (Å²) in [6.07, 6.45) is 5.14. The molecule has 0 unspecified atom stereocenters. The second-order valence-corrected chi connectivity index (χ2v) is 9.29. The number of likely N-dealkylation sites (tertiary alicyclic amines) is 1. The van der Waals surface area contributed by atoms with E-state index in [0.717, 1.165) is 28.8 Å². The topological polar surface area (TPSA) is 49.5 Å². The number of aromatic amines is 1. The van der Waals surface area contributed by atoms with Crippen LogP contribution in [0.4, 0.5) is 0 Å². The van der Waals surface area contributed by atoms with Crippen LogP contribution < -0.4 is 14.8 Å². The maximum absolute atomic E-state index is 5.52. The van der Waals surface area contributed by atoms with E-state index in [2.05, 4.69) is 46.4 Å². The highest BCUT2D eigenvalue weighted by atomic mass is 35.5. The van der Waals surface area contributed by atoms with E-state index in [-0.39, 0.29) is 24.8 Å². The van der Waals surface area contributed by atoms with Gasteiger partial charge in [0.25, 0.3) is 0 Å². The van der Waals surface area contributed by atoms with Crippen LogP contribution in [0, 0.1) is 6.92 Å². The van der Waals surface area contributed by atoms with Crippen LogP contribution in [-0.4, -0.2) is 56.3 Å². The SMILES string of the molecule is COc1ccc(-c2[nH]c3ccc(C4CCN(C5CCNCC5)CC4)cc3c2C)cc1OC.Cl.Cl. The Labute approximate surface area is 215 Å². The highest BCUT2D eigenvalue weighted by Gasteiger charge is 2.27. The number of benzene rings is 2. The first kappa shape index (κ1) is 26.7. The molecule has 0 saturated carbocycles. The maximum Gasteiger partial charge on any atom is 0.161 e. The largest absolute Gasteiger partial charge is 0.493 e. The number of piperidine rings is 2. The van der Waals surface area contributed by atoms with Gasteiger partial charge in [0, 0.05) is 28.2 Å². The third-order valence-electron chi connectivity index (χ3n) is 7.58. The van der Waals surface area contributed by atoms with E-state index in [9.17, 15) is 0 Å². The molecule has 3 aromatic rings. The minimum atomic E-state index is 0. The van der Waals surface area contributed by atoms with Crippen molar-refractivity contribution in [1.82, 2.24) is 15.2 Å². The number of ether oxygens (including phenoxy) is 2. The van der Waals surface area contributed by atoms with Gasteiger partial charge in [-0.25, -0.2) is 0 Å².